The molecular weight excluding hydrogens is 188 g/mol. The van der Waals surface area contributed by atoms with Crippen LogP contribution in [0, 0.1) is 17.8 Å². The molecule has 0 unspecified atom stereocenters. The molecular formula is C9H10O5. The van der Waals surface area contributed by atoms with E-state index in [-0.39, 0.29) is 35.6 Å². The Kier molecular flexibility index (Phi) is 1.52. The third-order valence-corrected chi connectivity index (χ3v) is 3.25. The van der Waals surface area contributed by atoms with Gasteiger partial charge in [0, 0.05) is 11.8 Å². The standard InChI is InChI=1S/C9H10O5/c1-12-8(11)6-4-3-2-13-9(14-3)7(10)5(4)6/h3-6,9H,2H2,1H3/t3-,4+,5-,6-,9-/m1/s1. The van der Waals surface area contributed by atoms with Gasteiger partial charge in [0.1, 0.15) is 0 Å². The van der Waals surface area contributed by atoms with E-state index in [1.54, 1.807) is 0 Å². The first-order valence-corrected chi connectivity index (χ1v) is 4.62. The molecule has 1 aliphatic carbocycles. The summed E-state index contributed by atoms with van der Waals surface area (Å²) >= 11 is 0. The van der Waals surface area contributed by atoms with Gasteiger partial charge in [-0.3, -0.25) is 9.59 Å². The van der Waals surface area contributed by atoms with Gasteiger partial charge in [0.15, 0.2) is 5.78 Å². The van der Waals surface area contributed by atoms with Crippen LogP contribution in [0.3, 0.4) is 0 Å². The molecule has 14 heavy (non-hydrogen) atoms. The van der Waals surface area contributed by atoms with Crippen molar-refractivity contribution in [2.45, 2.75) is 12.4 Å². The van der Waals surface area contributed by atoms with Crippen LogP contribution in [-0.4, -0.2) is 37.9 Å². The molecule has 0 N–H and O–H groups in total. The van der Waals surface area contributed by atoms with Gasteiger partial charge in [-0.2, -0.15) is 0 Å². The van der Waals surface area contributed by atoms with Crippen molar-refractivity contribution in [1.29, 1.82) is 0 Å². The van der Waals surface area contributed by atoms with Crippen molar-refractivity contribution in [3.8, 4) is 0 Å². The Morgan fingerprint density at radius 1 is 1.57 bits per heavy atom. The van der Waals surface area contributed by atoms with Crippen LogP contribution >= 0.6 is 0 Å². The molecule has 0 spiro atoms. The highest BCUT2D eigenvalue weighted by molar-refractivity contribution is 5.95. The summed E-state index contributed by atoms with van der Waals surface area (Å²) in [6.45, 7) is 0.422. The van der Waals surface area contributed by atoms with E-state index in [1.807, 2.05) is 0 Å². The molecule has 0 aromatic heterocycles. The highest BCUT2D eigenvalue weighted by Crippen LogP contribution is 2.56. The van der Waals surface area contributed by atoms with E-state index < -0.39 is 6.29 Å². The molecule has 0 aromatic carbocycles. The summed E-state index contributed by atoms with van der Waals surface area (Å²) in [7, 11) is 1.34. The summed E-state index contributed by atoms with van der Waals surface area (Å²) in [5, 5.41) is 0. The van der Waals surface area contributed by atoms with Gasteiger partial charge in [-0.25, -0.2) is 0 Å². The van der Waals surface area contributed by atoms with E-state index in [9.17, 15) is 9.59 Å². The van der Waals surface area contributed by atoms with Crippen molar-refractivity contribution in [2.24, 2.45) is 17.8 Å². The number of methoxy groups -OCH3 is 1. The summed E-state index contributed by atoms with van der Waals surface area (Å²) in [6.07, 6.45) is -0.817. The van der Waals surface area contributed by atoms with Crippen molar-refractivity contribution in [1.82, 2.24) is 0 Å². The first-order chi connectivity index (χ1) is 6.74. The zero-order valence-electron chi connectivity index (χ0n) is 7.64. The van der Waals surface area contributed by atoms with Crippen molar-refractivity contribution >= 4 is 11.8 Å². The lowest BCUT2D eigenvalue weighted by atomic mass is 10.1. The van der Waals surface area contributed by atoms with E-state index in [0.717, 1.165) is 0 Å². The summed E-state index contributed by atoms with van der Waals surface area (Å²) in [5.41, 5.74) is 0. The van der Waals surface area contributed by atoms with E-state index in [0.29, 0.717) is 6.61 Å². The molecule has 0 aromatic rings. The Balaban J connectivity index is 1.84. The minimum Gasteiger partial charge on any atom is -0.469 e. The smallest absolute Gasteiger partial charge is 0.309 e. The summed E-state index contributed by atoms with van der Waals surface area (Å²) in [6, 6.07) is 0. The molecule has 2 heterocycles. The number of Topliss-reactive ketones (excluding diaryl/α,β-unsaturated/α-hetero) is 1. The summed E-state index contributed by atoms with van der Waals surface area (Å²) in [5.74, 6) is -0.905. The third-order valence-electron chi connectivity index (χ3n) is 3.25. The molecule has 2 bridgehead atoms. The number of hydrogen-bond acceptors (Lipinski definition) is 5. The minimum absolute atomic E-state index is 0.00583. The Morgan fingerprint density at radius 2 is 2.36 bits per heavy atom. The Hall–Kier alpha value is -0.940. The molecule has 2 aliphatic heterocycles. The molecule has 5 atom stereocenters. The average Bonchev–Trinajstić information content (AvgIpc) is 2.80. The predicted molar refractivity (Wildman–Crippen MR) is 42.1 cm³/mol. The monoisotopic (exact) mass is 198 g/mol. The first kappa shape index (κ1) is 8.38. The number of rotatable bonds is 1. The molecule has 76 valence electrons. The SMILES string of the molecule is COC(=O)[C@H]1[C@@H]2C(=O)[C@@H]3OC[C@@H](O3)[C@H]12. The number of hydrogen-bond donors (Lipinski definition) is 0. The maximum Gasteiger partial charge on any atom is 0.309 e. The number of ether oxygens (including phenoxy) is 3. The van der Waals surface area contributed by atoms with E-state index in [2.05, 4.69) is 4.74 Å². The molecule has 0 amide bonds. The first-order valence-electron chi connectivity index (χ1n) is 4.62. The second-order valence-corrected chi connectivity index (χ2v) is 3.89. The Morgan fingerprint density at radius 3 is 3.07 bits per heavy atom. The number of carbonyl (C=O) groups excluding carboxylic acids is 2. The lowest BCUT2D eigenvalue weighted by Gasteiger charge is -2.14. The van der Waals surface area contributed by atoms with Gasteiger partial charge in [0.2, 0.25) is 6.29 Å². The molecule has 3 rings (SSSR count). The molecule has 2 saturated heterocycles. The molecule has 5 heteroatoms. The zero-order valence-corrected chi connectivity index (χ0v) is 7.64. The van der Waals surface area contributed by atoms with Crippen LogP contribution < -0.4 is 0 Å². The summed E-state index contributed by atoms with van der Waals surface area (Å²) < 4.78 is 15.1. The van der Waals surface area contributed by atoms with Gasteiger partial charge >= 0.3 is 5.97 Å². The topological polar surface area (TPSA) is 61.8 Å². The fourth-order valence-corrected chi connectivity index (χ4v) is 2.53. The Bertz CT molecular complexity index is 308. The lowest BCUT2D eigenvalue weighted by molar-refractivity contribution is -0.154. The predicted octanol–water partition coefficient (Wildman–Crippen LogP) is -0.654. The van der Waals surface area contributed by atoms with Crippen LogP contribution in [0.15, 0.2) is 0 Å². The Labute approximate surface area is 80.3 Å². The minimum atomic E-state index is -0.726. The average molecular weight is 198 g/mol. The van der Waals surface area contributed by atoms with Crippen molar-refractivity contribution in [2.75, 3.05) is 13.7 Å². The quantitative estimate of drug-likeness (QED) is 0.524. The van der Waals surface area contributed by atoms with Gasteiger partial charge in [-0.15, -0.1) is 0 Å². The van der Waals surface area contributed by atoms with Crippen LogP contribution in [-0.2, 0) is 23.8 Å². The normalized spacial score (nSPS) is 48.6. The lowest BCUT2D eigenvalue weighted by Crippen LogP contribution is -2.30. The zero-order chi connectivity index (χ0) is 9.87. The van der Waals surface area contributed by atoms with Gasteiger partial charge in [0.05, 0.1) is 25.7 Å². The third kappa shape index (κ3) is 0.861. The highest BCUT2D eigenvalue weighted by atomic mass is 16.7. The molecule has 0 radical (unpaired) electrons. The van der Waals surface area contributed by atoms with Crippen LogP contribution in [0.4, 0.5) is 0 Å². The van der Waals surface area contributed by atoms with Gasteiger partial charge < -0.3 is 14.2 Å². The van der Waals surface area contributed by atoms with Crippen LogP contribution in [0.25, 0.3) is 0 Å². The van der Waals surface area contributed by atoms with E-state index in [4.69, 9.17) is 9.47 Å². The number of carbonyl (C=O) groups is 2. The number of fused-ring (bicyclic) bond motifs is 4. The van der Waals surface area contributed by atoms with Gasteiger partial charge in [-0.1, -0.05) is 0 Å². The fourth-order valence-electron chi connectivity index (χ4n) is 2.53. The second-order valence-electron chi connectivity index (χ2n) is 3.89. The number of esters is 1. The van der Waals surface area contributed by atoms with E-state index in [1.165, 1.54) is 7.11 Å². The fraction of sp³-hybridized carbons (Fsp3) is 0.778. The maximum atomic E-state index is 11.6. The summed E-state index contributed by atoms with van der Waals surface area (Å²) in [4.78, 5) is 22.9. The molecule has 1 saturated carbocycles. The van der Waals surface area contributed by atoms with Crippen LogP contribution in [0.2, 0.25) is 0 Å². The van der Waals surface area contributed by atoms with Crippen molar-refractivity contribution in [3.63, 3.8) is 0 Å². The van der Waals surface area contributed by atoms with Crippen molar-refractivity contribution < 1.29 is 23.8 Å². The number of ketones is 1. The van der Waals surface area contributed by atoms with Crippen LogP contribution in [0.1, 0.15) is 0 Å². The van der Waals surface area contributed by atoms with E-state index >= 15 is 0 Å². The van der Waals surface area contributed by atoms with Crippen LogP contribution in [0.5, 0.6) is 0 Å². The molecule has 3 fully saturated rings. The van der Waals surface area contributed by atoms with Gasteiger partial charge in [0.25, 0.3) is 0 Å². The van der Waals surface area contributed by atoms with Crippen molar-refractivity contribution in [3.05, 3.63) is 0 Å². The maximum absolute atomic E-state index is 11.6. The molecule has 3 aliphatic rings. The highest BCUT2D eigenvalue weighted by Gasteiger charge is 2.69. The van der Waals surface area contributed by atoms with Gasteiger partial charge in [-0.05, 0) is 0 Å². The molecule has 5 nitrogen and oxygen atoms in total. The second kappa shape index (κ2) is 2.55. The largest absolute Gasteiger partial charge is 0.469 e.